The van der Waals surface area contributed by atoms with Crippen LogP contribution in [0.25, 0.3) is 0 Å². The monoisotopic (exact) mass is 259 g/mol. The number of ether oxygens (including phenoxy) is 1. The topological polar surface area (TPSA) is 21.3 Å². The van der Waals surface area contributed by atoms with Crippen LogP contribution >= 0.6 is 0 Å². The van der Waals surface area contributed by atoms with Crippen molar-refractivity contribution < 1.29 is 4.74 Å². The lowest BCUT2D eigenvalue weighted by atomic mass is 9.75. The quantitative estimate of drug-likeness (QED) is 0.895. The minimum Gasteiger partial charge on any atom is -0.380 e. The van der Waals surface area contributed by atoms with E-state index in [0.29, 0.717) is 18.2 Å². The van der Waals surface area contributed by atoms with Crippen LogP contribution < -0.4 is 5.32 Å². The first-order chi connectivity index (χ1) is 9.26. The van der Waals surface area contributed by atoms with Crippen molar-refractivity contribution in [3.8, 4) is 0 Å². The molecule has 2 saturated carbocycles. The lowest BCUT2D eigenvalue weighted by Crippen LogP contribution is -2.48. The number of aryl methyl sites for hydroxylation is 1. The fourth-order valence-electron chi connectivity index (χ4n) is 3.57. The zero-order valence-corrected chi connectivity index (χ0v) is 12.1. The van der Waals surface area contributed by atoms with Gasteiger partial charge in [-0.1, -0.05) is 29.8 Å². The van der Waals surface area contributed by atoms with Crippen molar-refractivity contribution >= 4 is 0 Å². The lowest BCUT2D eigenvalue weighted by Gasteiger charge is -2.39. The Labute approximate surface area is 116 Å². The van der Waals surface area contributed by atoms with Crippen molar-refractivity contribution in [3.05, 3.63) is 35.4 Å². The molecular weight excluding hydrogens is 234 g/mol. The van der Waals surface area contributed by atoms with Gasteiger partial charge in [-0.3, -0.25) is 0 Å². The largest absolute Gasteiger partial charge is 0.380 e. The van der Waals surface area contributed by atoms with Crippen LogP contribution in [0, 0.1) is 6.92 Å². The molecule has 2 aliphatic rings. The molecule has 2 nitrogen and oxygen atoms in total. The van der Waals surface area contributed by atoms with Crippen molar-refractivity contribution in [1.29, 1.82) is 0 Å². The molecule has 104 valence electrons. The van der Waals surface area contributed by atoms with Crippen molar-refractivity contribution in [3.63, 3.8) is 0 Å². The molecule has 0 saturated heterocycles. The third kappa shape index (κ3) is 2.85. The highest BCUT2D eigenvalue weighted by atomic mass is 16.5. The third-order valence-electron chi connectivity index (χ3n) is 4.89. The van der Waals surface area contributed by atoms with Crippen molar-refractivity contribution in [1.82, 2.24) is 5.32 Å². The molecule has 2 unspecified atom stereocenters. The van der Waals surface area contributed by atoms with Crippen LogP contribution in [0.4, 0.5) is 0 Å². The minimum atomic E-state index is 0.443. The molecule has 0 bridgehead atoms. The summed E-state index contributed by atoms with van der Waals surface area (Å²) in [5.41, 5.74) is 2.87. The Bertz CT molecular complexity index is 408. The third-order valence-corrected chi connectivity index (χ3v) is 4.89. The summed E-state index contributed by atoms with van der Waals surface area (Å²) in [4.78, 5) is 0. The van der Waals surface area contributed by atoms with Crippen LogP contribution in [0.1, 0.15) is 49.1 Å². The van der Waals surface area contributed by atoms with Gasteiger partial charge in [-0.2, -0.15) is 0 Å². The van der Waals surface area contributed by atoms with E-state index in [2.05, 4.69) is 36.5 Å². The normalized spacial score (nSPS) is 34.2. The van der Waals surface area contributed by atoms with Crippen LogP contribution in [-0.2, 0) is 4.74 Å². The molecule has 0 aromatic heterocycles. The molecule has 2 atom stereocenters. The predicted octanol–water partition coefficient (Wildman–Crippen LogP) is 3.40. The first-order valence-electron chi connectivity index (χ1n) is 7.61. The molecule has 0 spiro atoms. The second-order valence-electron chi connectivity index (χ2n) is 6.25. The van der Waals surface area contributed by atoms with Gasteiger partial charge in [-0.15, -0.1) is 0 Å². The van der Waals surface area contributed by atoms with Gasteiger partial charge in [0.1, 0.15) is 0 Å². The van der Waals surface area contributed by atoms with Gasteiger partial charge in [-0.25, -0.2) is 0 Å². The van der Waals surface area contributed by atoms with Gasteiger partial charge in [0.15, 0.2) is 0 Å². The minimum absolute atomic E-state index is 0.443. The van der Waals surface area contributed by atoms with Gasteiger partial charge in [0.25, 0.3) is 0 Å². The molecule has 0 heterocycles. The van der Waals surface area contributed by atoms with Crippen LogP contribution in [0.3, 0.4) is 0 Å². The zero-order chi connectivity index (χ0) is 13.2. The maximum atomic E-state index is 5.56. The molecular formula is C17H25NO. The Morgan fingerprint density at radius 2 is 1.84 bits per heavy atom. The number of rotatable bonds is 4. The maximum absolute atomic E-state index is 5.56. The molecule has 2 fully saturated rings. The second-order valence-corrected chi connectivity index (χ2v) is 6.25. The fourth-order valence-corrected chi connectivity index (χ4v) is 3.57. The zero-order valence-electron chi connectivity index (χ0n) is 12.1. The summed E-state index contributed by atoms with van der Waals surface area (Å²) in [5, 5.41) is 3.80. The molecule has 2 aliphatic carbocycles. The van der Waals surface area contributed by atoms with E-state index in [-0.39, 0.29) is 0 Å². The molecule has 2 heteroatoms. The molecule has 1 aromatic carbocycles. The highest BCUT2D eigenvalue weighted by Gasteiger charge is 2.35. The average Bonchev–Trinajstić information content (AvgIpc) is 2.82. The predicted molar refractivity (Wildman–Crippen MR) is 78.5 cm³/mol. The van der Waals surface area contributed by atoms with Crippen LogP contribution in [0.2, 0.25) is 0 Å². The highest BCUT2D eigenvalue weighted by molar-refractivity contribution is 5.26. The summed E-state index contributed by atoms with van der Waals surface area (Å²) in [6, 6.07) is 10.3. The molecule has 0 amide bonds. The Kier molecular flexibility index (Phi) is 3.90. The van der Waals surface area contributed by atoms with E-state index in [1.165, 1.54) is 43.2 Å². The lowest BCUT2D eigenvalue weighted by molar-refractivity contribution is 0.0747. The van der Waals surface area contributed by atoms with Gasteiger partial charge in [0.05, 0.1) is 6.10 Å². The van der Waals surface area contributed by atoms with Crippen molar-refractivity contribution in [2.24, 2.45) is 0 Å². The Balaban J connectivity index is 1.49. The SMILES string of the molecule is COC1CCCC1NC1CC(c2ccc(C)cc2)C1. The summed E-state index contributed by atoms with van der Waals surface area (Å²) in [6.45, 7) is 2.15. The highest BCUT2D eigenvalue weighted by Crippen LogP contribution is 2.38. The van der Waals surface area contributed by atoms with Crippen LogP contribution in [0.5, 0.6) is 0 Å². The summed E-state index contributed by atoms with van der Waals surface area (Å²) in [7, 11) is 1.85. The Morgan fingerprint density at radius 1 is 1.11 bits per heavy atom. The number of hydrogen-bond acceptors (Lipinski definition) is 2. The smallest absolute Gasteiger partial charge is 0.0724 e. The number of benzene rings is 1. The summed E-state index contributed by atoms with van der Waals surface area (Å²) < 4.78 is 5.56. The molecule has 1 aromatic rings. The van der Waals surface area contributed by atoms with Crippen LogP contribution in [0.15, 0.2) is 24.3 Å². The van der Waals surface area contributed by atoms with Crippen LogP contribution in [-0.4, -0.2) is 25.3 Å². The maximum Gasteiger partial charge on any atom is 0.0724 e. The number of hydrogen-bond donors (Lipinski definition) is 1. The van der Waals surface area contributed by atoms with Gasteiger partial charge in [-0.05, 0) is 50.5 Å². The fraction of sp³-hybridized carbons (Fsp3) is 0.647. The van der Waals surface area contributed by atoms with E-state index < -0.39 is 0 Å². The van der Waals surface area contributed by atoms with E-state index >= 15 is 0 Å². The molecule has 19 heavy (non-hydrogen) atoms. The Morgan fingerprint density at radius 3 is 2.53 bits per heavy atom. The Hall–Kier alpha value is -0.860. The first kappa shape index (κ1) is 13.1. The van der Waals surface area contributed by atoms with E-state index in [0.717, 1.165) is 5.92 Å². The van der Waals surface area contributed by atoms with E-state index in [9.17, 15) is 0 Å². The molecule has 0 aliphatic heterocycles. The van der Waals surface area contributed by atoms with Gasteiger partial charge >= 0.3 is 0 Å². The van der Waals surface area contributed by atoms with Gasteiger partial charge < -0.3 is 10.1 Å². The van der Waals surface area contributed by atoms with Gasteiger partial charge in [0.2, 0.25) is 0 Å². The number of methoxy groups -OCH3 is 1. The second kappa shape index (κ2) is 5.64. The number of nitrogens with one attached hydrogen (secondary N) is 1. The summed E-state index contributed by atoms with van der Waals surface area (Å²) in [5.74, 6) is 0.764. The molecule has 3 rings (SSSR count). The van der Waals surface area contributed by atoms with E-state index in [1.54, 1.807) is 0 Å². The van der Waals surface area contributed by atoms with Crippen molar-refractivity contribution in [2.75, 3.05) is 7.11 Å². The standard InChI is InChI=1S/C17H25NO/c1-12-6-8-13(9-7-12)14-10-15(11-14)18-16-4-3-5-17(16)19-2/h6-9,14-18H,3-5,10-11H2,1-2H3. The van der Waals surface area contributed by atoms with Gasteiger partial charge in [0, 0.05) is 19.2 Å². The molecule has 1 N–H and O–H groups in total. The van der Waals surface area contributed by atoms with E-state index in [1.807, 2.05) is 7.11 Å². The summed E-state index contributed by atoms with van der Waals surface area (Å²) >= 11 is 0. The first-order valence-corrected chi connectivity index (χ1v) is 7.61. The summed E-state index contributed by atoms with van der Waals surface area (Å²) in [6.07, 6.45) is 6.83. The average molecular weight is 259 g/mol. The van der Waals surface area contributed by atoms with Crippen molar-refractivity contribution in [2.45, 2.75) is 63.1 Å². The van der Waals surface area contributed by atoms with E-state index in [4.69, 9.17) is 4.74 Å². The molecule has 0 radical (unpaired) electrons.